The largest absolute Gasteiger partial charge is 0.304 e. The fraction of sp³-hybridized carbons (Fsp3) is 0.308. The number of allylic oxidation sites excluding steroid dienone is 1. The topological polar surface area (TPSA) is 29.1 Å². The fourth-order valence-corrected chi connectivity index (χ4v) is 1.30. The first-order valence-corrected chi connectivity index (χ1v) is 5.15. The van der Waals surface area contributed by atoms with E-state index in [4.69, 9.17) is 0 Å². The molecule has 1 aromatic rings. The van der Waals surface area contributed by atoms with E-state index >= 15 is 0 Å². The van der Waals surface area contributed by atoms with Gasteiger partial charge in [0, 0.05) is 13.0 Å². The number of ketones is 1. The minimum atomic E-state index is -0.108. The normalized spacial score (nSPS) is 12.1. The van der Waals surface area contributed by atoms with Gasteiger partial charge >= 0.3 is 0 Å². The highest BCUT2D eigenvalue weighted by Crippen LogP contribution is 1.99. The zero-order valence-electron chi connectivity index (χ0n) is 9.07. The minimum Gasteiger partial charge on any atom is -0.304 e. The average Bonchev–Trinajstić information content (AvgIpc) is 2.27. The Kier molecular flexibility index (Phi) is 4.78. The van der Waals surface area contributed by atoms with Crippen LogP contribution in [0.5, 0.6) is 0 Å². The number of carbonyl (C=O) groups excluding carboxylic acids is 1. The molecule has 0 bridgehead atoms. The number of hydrogen-bond donors (Lipinski definition) is 1. The van der Waals surface area contributed by atoms with Crippen LogP contribution in [0, 0.1) is 0 Å². The van der Waals surface area contributed by atoms with Crippen LogP contribution in [0.15, 0.2) is 43.0 Å². The fourth-order valence-electron chi connectivity index (χ4n) is 1.30. The van der Waals surface area contributed by atoms with E-state index in [1.54, 1.807) is 6.08 Å². The summed E-state index contributed by atoms with van der Waals surface area (Å²) < 4.78 is 0. The van der Waals surface area contributed by atoms with Gasteiger partial charge in [-0.2, -0.15) is 0 Å². The number of Topliss-reactive ketones (excluding diaryl/α,β-unsaturated/α-hetero) is 1. The summed E-state index contributed by atoms with van der Waals surface area (Å²) in [5.41, 5.74) is 1.19. The van der Waals surface area contributed by atoms with Crippen LogP contribution in [-0.2, 0) is 11.3 Å². The first-order chi connectivity index (χ1) is 7.24. The summed E-state index contributed by atoms with van der Waals surface area (Å²) in [6.45, 7) is 6.16. The number of hydrogen-bond acceptors (Lipinski definition) is 2. The molecule has 15 heavy (non-hydrogen) atoms. The van der Waals surface area contributed by atoms with E-state index in [2.05, 4.69) is 11.9 Å². The van der Waals surface area contributed by atoms with E-state index in [1.807, 2.05) is 37.3 Å². The predicted octanol–water partition coefficient (Wildman–Crippen LogP) is 2.31. The molecule has 0 aromatic heterocycles. The van der Waals surface area contributed by atoms with Crippen LogP contribution in [0.2, 0.25) is 0 Å². The molecule has 1 rings (SSSR count). The van der Waals surface area contributed by atoms with E-state index in [1.165, 1.54) is 5.56 Å². The van der Waals surface area contributed by atoms with Crippen molar-refractivity contribution in [3.05, 3.63) is 48.6 Å². The molecule has 1 N–H and O–H groups in total. The highest BCUT2D eigenvalue weighted by Gasteiger charge is 2.09. The lowest BCUT2D eigenvalue weighted by Crippen LogP contribution is -2.33. The molecule has 0 saturated heterocycles. The van der Waals surface area contributed by atoms with Crippen molar-refractivity contribution in [3.63, 3.8) is 0 Å². The number of carbonyl (C=O) groups is 1. The third-order valence-corrected chi connectivity index (χ3v) is 2.28. The molecule has 0 spiro atoms. The van der Waals surface area contributed by atoms with Gasteiger partial charge in [-0.3, -0.25) is 4.79 Å². The molecule has 2 nitrogen and oxygen atoms in total. The van der Waals surface area contributed by atoms with Crippen molar-refractivity contribution < 1.29 is 4.79 Å². The molecule has 0 fully saturated rings. The van der Waals surface area contributed by atoms with Crippen molar-refractivity contribution in [1.29, 1.82) is 0 Å². The molecule has 80 valence electrons. The summed E-state index contributed by atoms with van der Waals surface area (Å²) in [5.74, 6) is 0.181. The quantitative estimate of drug-likeness (QED) is 0.719. The first-order valence-electron chi connectivity index (χ1n) is 5.15. The van der Waals surface area contributed by atoms with E-state index in [9.17, 15) is 4.79 Å². The second-order valence-corrected chi connectivity index (χ2v) is 3.55. The summed E-state index contributed by atoms with van der Waals surface area (Å²) in [7, 11) is 0. The number of rotatable bonds is 6. The van der Waals surface area contributed by atoms with Gasteiger partial charge in [0.15, 0.2) is 5.78 Å². The van der Waals surface area contributed by atoms with Gasteiger partial charge in [0.25, 0.3) is 0 Å². The van der Waals surface area contributed by atoms with E-state index in [0.717, 1.165) is 6.54 Å². The molecule has 0 aliphatic rings. The van der Waals surface area contributed by atoms with Crippen LogP contribution in [-0.4, -0.2) is 11.8 Å². The molecule has 0 heterocycles. The maximum Gasteiger partial charge on any atom is 0.153 e. The number of benzene rings is 1. The van der Waals surface area contributed by atoms with Gasteiger partial charge in [-0.15, -0.1) is 6.58 Å². The zero-order chi connectivity index (χ0) is 11.1. The Hall–Kier alpha value is -1.41. The lowest BCUT2D eigenvalue weighted by Gasteiger charge is -2.11. The second kappa shape index (κ2) is 6.14. The third-order valence-electron chi connectivity index (χ3n) is 2.28. The van der Waals surface area contributed by atoms with Gasteiger partial charge < -0.3 is 5.32 Å². The molecule has 0 saturated carbocycles. The molecular weight excluding hydrogens is 186 g/mol. The molecule has 1 aromatic carbocycles. The first kappa shape index (κ1) is 11.7. The van der Waals surface area contributed by atoms with Crippen molar-refractivity contribution in [1.82, 2.24) is 5.32 Å². The highest BCUT2D eigenvalue weighted by atomic mass is 16.1. The molecule has 0 aliphatic heterocycles. The maximum absolute atomic E-state index is 11.4. The Morgan fingerprint density at radius 1 is 1.47 bits per heavy atom. The van der Waals surface area contributed by atoms with Crippen LogP contribution in [0.1, 0.15) is 18.9 Å². The summed E-state index contributed by atoms with van der Waals surface area (Å²) in [6.07, 6.45) is 2.08. The summed E-state index contributed by atoms with van der Waals surface area (Å²) >= 11 is 0. The molecule has 2 heteroatoms. The summed E-state index contributed by atoms with van der Waals surface area (Å²) in [5, 5.41) is 3.19. The molecule has 0 amide bonds. The van der Waals surface area contributed by atoms with Crippen molar-refractivity contribution in [2.75, 3.05) is 0 Å². The van der Waals surface area contributed by atoms with Gasteiger partial charge in [0.05, 0.1) is 6.04 Å². The Bertz CT molecular complexity index is 319. The van der Waals surface area contributed by atoms with Crippen LogP contribution in [0.25, 0.3) is 0 Å². The third kappa shape index (κ3) is 4.09. The summed E-state index contributed by atoms with van der Waals surface area (Å²) in [6, 6.07) is 9.94. The van der Waals surface area contributed by atoms with Crippen molar-refractivity contribution >= 4 is 5.78 Å². The Morgan fingerprint density at radius 3 is 2.73 bits per heavy atom. The van der Waals surface area contributed by atoms with Crippen LogP contribution in [0.3, 0.4) is 0 Å². The minimum absolute atomic E-state index is 0.108. The molecule has 1 unspecified atom stereocenters. The average molecular weight is 203 g/mol. The van der Waals surface area contributed by atoms with Crippen LogP contribution >= 0.6 is 0 Å². The SMILES string of the molecule is C=CCC(=O)C(C)NCc1ccccc1. The van der Waals surface area contributed by atoms with Crippen molar-refractivity contribution in [3.8, 4) is 0 Å². The number of nitrogens with one attached hydrogen (secondary N) is 1. The molecular formula is C13H17NO. The van der Waals surface area contributed by atoms with Crippen molar-refractivity contribution in [2.45, 2.75) is 25.9 Å². The smallest absolute Gasteiger partial charge is 0.153 e. The lowest BCUT2D eigenvalue weighted by molar-refractivity contribution is -0.119. The maximum atomic E-state index is 11.4. The van der Waals surface area contributed by atoms with Crippen LogP contribution in [0.4, 0.5) is 0 Å². The molecule has 0 aliphatic carbocycles. The Labute approximate surface area is 91.0 Å². The van der Waals surface area contributed by atoms with Crippen molar-refractivity contribution in [2.24, 2.45) is 0 Å². The lowest BCUT2D eigenvalue weighted by atomic mass is 10.1. The Balaban J connectivity index is 2.37. The zero-order valence-corrected chi connectivity index (χ0v) is 9.07. The Morgan fingerprint density at radius 2 is 2.13 bits per heavy atom. The van der Waals surface area contributed by atoms with E-state index < -0.39 is 0 Å². The predicted molar refractivity (Wildman–Crippen MR) is 62.6 cm³/mol. The van der Waals surface area contributed by atoms with Gasteiger partial charge in [-0.1, -0.05) is 36.4 Å². The van der Waals surface area contributed by atoms with E-state index in [-0.39, 0.29) is 11.8 Å². The van der Waals surface area contributed by atoms with Crippen LogP contribution < -0.4 is 5.32 Å². The molecule has 1 atom stereocenters. The van der Waals surface area contributed by atoms with Gasteiger partial charge in [0.2, 0.25) is 0 Å². The monoisotopic (exact) mass is 203 g/mol. The second-order valence-electron chi connectivity index (χ2n) is 3.55. The van der Waals surface area contributed by atoms with Gasteiger partial charge in [-0.25, -0.2) is 0 Å². The molecule has 0 radical (unpaired) electrons. The van der Waals surface area contributed by atoms with E-state index in [0.29, 0.717) is 6.42 Å². The summed E-state index contributed by atoms with van der Waals surface area (Å²) in [4.78, 5) is 11.4. The highest BCUT2D eigenvalue weighted by molar-refractivity contribution is 5.84. The van der Waals surface area contributed by atoms with Gasteiger partial charge in [-0.05, 0) is 12.5 Å². The standard InChI is InChI=1S/C13H17NO/c1-3-7-13(15)11(2)14-10-12-8-5-4-6-9-12/h3-6,8-9,11,14H,1,7,10H2,2H3. The van der Waals surface area contributed by atoms with Gasteiger partial charge in [0.1, 0.15) is 0 Å².